The molecule has 0 saturated carbocycles. The third kappa shape index (κ3) is 3.06. The maximum atomic E-state index is 10.5. The van der Waals surface area contributed by atoms with Gasteiger partial charge in [-0.15, -0.1) is 0 Å². The van der Waals surface area contributed by atoms with Crippen molar-refractivity contribution in [2.75, 3.05) is 17.2 Å². The van der Waals surface area contributed by atoms with Crippen LogP contribution < -0.4 is 4.90 Å². The smallest absolute Gasteiger partial charge is 0.108 e. The Morgan fingerprint density at radius 2 is 1.92 bits per heavy atom. The Kier molecular flexibility index (Phi) is 4.08. The first kappa shape index (κ1) is 16.6. The minimum absolute atomic E-state index is 0.316. The Balaban J connectivity index is 1.79. The van der Waals surface area contributed by atoms with Crippen LogP contribution in [0.3, 0.4) is 0 Å². The monoisotopic (exact) mass is 372 g/mol. The average Bonchev–Trinajstić information content (AvgIpc) is 2.72. The number of anilines is 1. The molecule has 3 N–H and O–H groups in total. The number of hydrogen-bond acceptors (Lipinski definition) is 4. The predicted octanol–water partition coefficient (Wildman–Crippen LogP) is 5.34. The second-order valence-electron chi connectivity index (χ2n) is 6.47. The van der Waals surface area contributed by atoms with Gasteiger partial charge in [-0.05, 0) is 36.8 Å². The molecule has 0 amide bonds. The molecule has 1 aromatic heterocycles. The molecule has 0 fully saturated rings. The van der Waals surface area contributed by atoms with Crippen LogP contribution in [0, 0.1) is 11.4 Å². The average molecular weight is 373 g/mol. The summed E-state index contributed by atoms with van der Waals surface area (Å²) < 4.78 is 21.8. The number of nitrogens with one attached hydrogen (secondary N) is 1. The van der Waals surface area contributed by atoms with E-state index < -0.39 is 10.6 Å². The fourth-order valence-corrected chi connectivity index (χ4v) is 5.13. The standard InChI is InChI=1S/C19H20N2O2S2/c1-13-6-7-16-15(10-13)17(24)11-19(20-16)21-8-9-25(22,23)18-5-3-2-4-14(18)12-21/h2-7,10-11,22-23H,8-9,12H2,1H3,(H,20,24). The molecule has 1 aliphatic rings. The fraction of sp³-hybridized carbons (Fsp3) is 0.211. The summed E-state index contributed by atoms with van der Waals surface area (Å²) >= 11 is 5.59. The van der Waals surface area contributed by atoms with E-state index >= 15 is 0 Å². The second kappa shape index (κ2) is 6.14. The largest absolute Gasteiger partial charge is 0.352 e. The minimum Gasteiger partial charge on any atom is -0.352 e. The molecule has 3 aromatic rings. The van der Waals surface area contributed by atoms with Crippen molar-refractivity contribution in [3.05, 3.63) is 64.2 Å². The topological polar surface area (TPSA) is 59.5 Å². The van der Waals surface area contributed by atoms with E-state index in [1.165, 1.54) is 5.56 Å². The number of hydrogen-bond donors (Lipinski definition) is 3. The highest BCUT2D eigenvalue weighted by Crippen LogP contribution is 2.51. The number of nitrogens with zero attached hydrogens (tertiary/aromatic N) is 1. The summed E-state index contributed by atoms with van der Waals surface area (Å²) in [5.41, 5.74) is 3.12. The Morgan fingerprint density at radius 3 is 2.76 bits per heavy atom. The molecule has 4 rings (SSSR count). The lowest BCUT2D eigenvalue weighted by molar-refractivity contribution is 0.488. The Labute approximate surface area is 153 Å². The molecule has 0 radical (unpaired) electrons. The number of H-pyrrole nitrogens is 1. The number of aromatic nitrogens is 1. The number of pyridine rings is 1. The molecule has 130 valence electrons. The molecule has 0 atom stereocenters. The molecule has 4 nitrogen and oxygen atoms in total. The van der Waals surface area contributed by atoms with Crippen LogP contribution in [0.2, 0.25) is 0 Å². The zero-order chi connectivity index (χ0) is 17.6. The van der Waals surface area contributed by atoms with Crippen LogP contribution in [0.1, 0.15) is 11.1 Å². The molecule has 2 heterocycles. The van der Waals surface area contributed by atoms with Gasteiger partial charge in [0, 0.05) is 24.0 Å². The second-order valence-corrected chi connectivity index (χ2v) is 9.09. The van der Waals surface area contributed by atoms with Crippen molar-refractivity contribution < 1.29 is 9.11 Å². The molecule has 0 aliphatic carbocycles. The molecule has 0 unspecified atom stereocenters. The van der Waals surface area contributed by atoms with E-state index in [-0.39, 0.29) is 0 Å². The van der Waals surface area contributed by atoms with Crippen molar-refractivity contribution >= 4 is 39.5 Å². The first-order valence-electron chi connectivity index (χ1n) is 8.16. The highest BCUT2D eigenvalue weighted by atomic mass is 32.3. The Bertz CT molecular complexity index is 1010. The first-order valence-corrected chi connectivity index (χ1v) is 10.3. The van der Waals surface area contributed by atoms with Gasteiger partial charge in [0.1, 0.15) is 5.82 Å². The highest BCUT2D eigenvalue weighted by molar-refractivity contribution is 8.24. The van der Waals surface area contributed by atoms with Crippen LogP contribution in [-0.2, 0) is 6.54 Å². The van der Waals surface area contributed by atoms with Crippen molar-refractivity contribution in [3.63, 3.8) is 0 Å². The molecule has 0 saturated heterocycles. The summed E-state index contributed by atoms with van der Waals surface area (Å²) in [6, 6.07) is 15.7. The van der Waals surface area contributed by atoms with Crippen LogP contribution in [-0.4, -0.2) is 26.4 Å². The number of benzene rings is 2. The zero-order valence-corrected chi connectivity index (χ0v) is 15.5. The molecule has 25 heavy (non-hydrogen) atoms. The van der Waals surface area contributed by atoms with Crippen molar-refractivity contribution in [2.24, 2.45) is 0 Å². The lowest BCUT2D eigenvalue weighted by atomic mass is 10.1. The maximum Gasteiger partial charge on any atom is 0.108 e. The van der Waals surface area contributed by atoms with Crippen LogP contribution >= 0.6 is 22.8 Å². The SMILES string of the molecule is Cc1ccc2[nH]c(N3CCS(O)(O)c4ccccc4C3)cc(=S)c2c1. The van der Waals surface area contributed by atoms with Crippen LogP contribution in [0.4, 0.5) is 5.82 Å². The minimum atomic E-state index is -2.76. The van der Waals surface area contributed by atoms with Gasteiger partial charge in [-0.1, -0.05) is 42.0 Å². The lowest BCUT2D eigenvalue weighted by Gasteiger charge is -2.32. The van der Waals surface area contributed by atoms with E-state index in [1.807, 2.05) is 36.4 Å². The molecular weight excluding hydrogens is 352 g/mol. The van der Waals surface area contributed by atoms with E-state index in [9.17, 15) is 9.11 Å². The van der Waals surface area contributed by atoms with Gasteiger partial charge >= 0.3 is 0 Å². The van der Waals surface area contributed by atoms with E-state index in [1.54, 1.807) is 0 Å². The van der Waals surface area contributed by atoms with Crippen molar-refractivity contribution in [1.82, 2.24) is 4.98 Å². The Morgan fingerprint density at radius 1 is 1.12 bits per heavy atom. The van der Waals surface area contributed by atoms with Gasteiger partial charge in [0.15, 0.2) is 0 Å². The predicted molar refractivity (Wildman–Crippen MR) is 107 cm³/mol. The maximum absolute atomic E-state index is 10.5. The number of aromatic amines is 1. The van der Waals surface area contributed by atoms with E-state index in [0.717, 1.165) is 26.8 Å². The summed E-state index contributed by atoms with van der Waals surface area (Å²) in [4.78, 5) is 6.25. The van der Waals surface area contributed by atoms with Crippen molar-refractivity contribution in [2.45, 2.75) is 18.4 Å². The molecule has 6 heteroatoms. The number of rotatable bonds is 1. The normalized spacial score (nSPS) is 17.8. The molecule has 0 bridgehead atoms. The number of fused-ring (bicyclic) bond motifs is 2. The van der Waals surface area contributed by atoms with E-state index in [0.29, 0.717) is 23.7 Å². The van der Waals surface area contributed by atoms with Crippen LogP contribution in [0.5, 0.6) is 0 Å². The first-order chi connectivity index (χ1) is 11.9. The number of aryl methyl sites for hydroxylation is 1. The third-order valence-corrected chi connectivity index (χ3v) is 6.84. The van der Waals surface area contributed by atoms with Gasteiger partial charge in [0.25, 0.3) is 0 Å². The van der Waals surface area contributed by atoms with Crippen LogP contribution in [0.25, 0.3) is 10.9 Å². The summed E-state index contributed by atoms with van der Waals surface area (Å²) in [7, 11) is -2.76. The van der Waals surface area contributed by atoms with Crippen molar-refractivity contribution in [1.29, 1.82) is 0 Å². The van der Waals surface area contributed by atoms with Gasteiger partial charge < -0.3 is 9.88 Å². The summed E-state index contributed by atoms with van der Waals surface area (Å²) in [5.74, 6) is 1.23. The van der Waals surface area contributed by atoms with E-state index in [2.05, 4.69) is 28.9 Å². The summed E-state index contributed by atoms with van der Waals surface area (Å²) in [6.45, 7) is 3.23. The zero-order valence-electron chi connectivity index (χ0n) is 13.9. The van der Waals surface area contributed by atoms with Gasteiger partial charge in [-0.2, -0.15) is 10.6 Å². The Hall–Kier alpha value is -1.86. The third-order valence-electron chi connectivity index (χ3n) is 4.64. The highest BCUT2D eigenvalue weighted by Gasteiger charge is 2.26. The lowest BCUT2D eigenvalue weighted by Crippen LogP contribution is -2.26. The van der Waals surface area contributed by atoms with E-state index in [4.69, 9.17) is 12.2 Å². The van der Waals surface area contributed by atoms with Gasteiger partial charge in [-0.25, -0.2) is 0 Å². The summed E-state index contributed by atoms with van der Waals surface area (Å²) in [5, 5.41) is 1.04. The molecule has 2 aromatic carbocycles. The summed E-state index contributed by atoms with van der Waals surface area (Å²) in [6.07, 6.45) is 0. The molecular formula is C19H20N2O2S2. The van der Waals surface area contributed by atoms with Crippen LogP contribution in [0.15, 0.2) is 53.4 Å². The molecule has 1 aliphatic heterocycles. The molecule has 0 spiro atoms. The van der Waals surface area contributed by atoms with Gasteiger partial charge in [-0.3, -0.25) is 9.11 Å². The quantitative estimate of drug-likeness (QED) is 0.505. The van der Waals surface area contributed by atoms with Gasteiger partial charge in [0.2, 0.25) is 0 Å². The fourth-order valence-electron chi connectivity index (χ4n) is 3.31. The van der Waals surface area contributed by atoms with Crippen molar-refractivity contribution in [3.8, 4) is 0 Å². The van der Waals surface area contributed by atoms with Gasteiger partial charge in [0.05, 0.1) is 15.2 Å².